The summed E-state index contributed by atoms with van der Waals surface area (Å²) >= 11 is 0. The molecule has 0 aliphatic rings. The second-order valence-electron chi connectivity index (χ2n) is 2.51. The van der Waals surface area contributed by atoms with Crippen LogP contribution in [0.5, 0.6) is 0 Å². The molecule has 1 aromatic heterocycles. The maximum Gasteiger partial charge on any atom is 0.407 e. The van der Waals surface area contributed by atoms with Crippen molar-refractivity contribution in [1.82, 2.24) is 15.1 Å². The van der Waals surface area contributed by atoms with Crippen LogP contribution in [-0.4, -0.2) is 44.6 Å². The van der Waals surface area contributed by atoms with Crippen LogP contribution in [0.1, 0.15) is 5.69 Å². The molecule has 0 atom stereocenters. The smallest absolute Gasteiger partial charge is 0.407 e. The molecule has 0 aromatic carbocycles. The molecule has 6 heteroatoms. The summed E-state index contributed by atoms with van der Waals surface area (Å²) in [6.07, 6.45) is 0.498. The minimum Gasteiger partial charge on any atom is -0.465 e. The Balaban J connectivity index is 2.52. The van der Waals surface area contributed by atoms with E-state index in [0.29, 0.717) is 5.69 Å². The zero-order chi connectivity index (χ0) is 9.68. The summed E-state index contributed by atoms with van der Waals surface area (Å²) < 4.78 is 0. The Morgan fingerprint density at radius 2 is 2.46 bits per heavy atom. The maximum absolute atomic E-state index is 10.6. The zero-order valence-electron chi connectivity index (χ0n) is 6.97. The van der Waals surface area contributed by atoms with E-state index < -0.39 is 6.09 Å². The molecule has 0 saturated heterocycles. The van der Waals surface area contributed by atoms with Crippen molar-refractivity contribution >= 4 is 6.09 Å². The van der Waals surface area contributed by atoms with E-state index in [2.05, 4.69) is 10.2 Å². The number of amides is 1. The molecule has 1 aromatic rings. The number of aliphatic hydroxyl groups excluding tert-OH is 1. The summed E-state index contributed by atoms with van der Waals surface area (Å²) in [6.45, 7) is 0.144. The fourth-order valence-electron chi connectivity index (χ4n) is 0.941. The van der Waals surface area contributed by atoms with Crippen LogP contribution in [0, 0.1) is 0 Å². The molecule has 1 heterocycles. The van der Waals surface area contributed by atoms with Gasteiger partial charge in [0.05, 0.1) is 18.8 Å². The van der Waals surface area contributed by atoms with Crippen LogP contribution in [0.4, 0.5) is 4.79 Å². The fourth-order valence-corrected chi connectivity index (χ4v) is 0.941. The normalized spacial score (nSPS) is 9.92. The van der Waals surface area contributed by atoms with Crippen molar-refractivity contribution in [3.8, 4) is 0 Å². The number of carboxylic acid groups (broad SMARTS) is 1. The van der Waals surface area contributed by atoms with E-state index in [1.54, 1.807) is 12.3 Å². The molecule has 0 spiro atoms. The first-order valence-corrected chi connectivity index (χ1v) is 3.81. The molecule has 13 heavy (non-hydrogen) atoms. The van der Waals surface area contributed by atoms with Crippen molar-refractivity contribution in [2.75, 3.05) is 13.2 Å². The predicted octanol–water partition coefficient (Wildman–Crippen LogP) is -0.118. The predicted molar refractivity (Wildman–Crippen MR) is 44.1 cm³/mol. The third-order valence-electron chi connectivity index (χ3n) is 1.56. The Bertz CT molecular complexity index is 260. The van der Waals surface area contributed by atoms with Gasteiger partial charge in [0, 0.05) is 12.7 Å². The topological polar surface area (TPSA) is 89.4 Å². The van der Waals surface area contributed by atoms with Gasteiger partial charge in [0.15, 0.2) is 0 Å². The summed E-state index contributed by atoms with van der Waals surface area (Å²) in [5.41, 5.74) is 0.704. The molecule has 6 nitrogen and oxygen atoms in total. The molecule has 3 N–H and O–H groups in total. The van der Waals surface area contributed by atoms with Crippen molar-refractivity contribution in [2.45, 2.75) is 6.54 Å². The molecular weight excluding hydrogens is 174 g/mol. The number of hydrogen-bond donors (Lipinski definition) is 3. The van der Waals surface area contributed by atoms with Crippen LogP contribution in [0.2, 0.25) is 0 Å². The number of nitrogens with one attached hydrogen (secondary N) is 1. The Labute approximate surface area is 74.8 Å². The second-order valence-corrected chi connectivity index (χ2v) is 2.51. The van der Waals surface area contributed by atoms with E-state index in [-0.39, 0.29) is 19.7 Å². The minimum atomic E-state index is -1.05. The van der Waals surface area contributed by atoms with E-state index in [4.69, 9.17) is 10.2 Å². The molecular formula is C7H11N3O3. The third-order valence-corrected chi connectivity index (χ3v) is 1.56. The van der Waals surface area contributed by atoms with Crippen molar-refractivity contribution in [1.29, 1.82) is 0 Å². The number of carbonyl (C=O) groups is 1. The highest BCUT2D eigenvalue weighted by Gasteiger charge is 2.11. The fraction of sp³-hybridized carbons (Fsp3) is 0.429. The van der Waals surface area contributed by atoms with Gasteiger partial charge in [-0.3, -0.25) is 5.10 Å². The van der Waals surface area contributed by atoms with Crippen LogP contribution in [-0.2, 0) is 6.54 Å². The monoisotopic (exact) mass is 185 g/mol. The summed E-state index contributed by atoms with van der Waals surface area (Å²) in [7, 11) is 0. The third kappa shape index (κ3) is 2.75. The summed E-state index contributed by atoms with van der Waals surface area (Å²) in [5.74, 6) is 0. The molecule has 1 amide bonds. The lowest BCUT2D eigenvalue weighted by Gasteiger charge is -2.16. The number of aromatic amines is 1. The standard InChI is InChI=1S/C7H11N3O3/c11-4-3-10(7(12)13)5-6-1-2-8-9-6/h1-2,11H,3-5H2,(H,8,9)(H,12,13). The van der Waals surface area contributed by atoms with E-state index in [1.165, 1.54) is 0 Å². The molecule has 72 valence electrons. The number of rotatable bonds is 4. The highest BCUT2D eigenvalue weighted by Crippen LogP contribution is 1.99. The van der Waals surface area contributed by atoms with E-state index in [1.807, 2.05) is 0 Å². The van der Waals surface area contributed by atoms with Gasteiger partial charge in [-0.2, -0.15) is 5.10 Å². The summed E-state index contributed by atoms with van der Waals surface area (Å²) in [4.78, 5) is 11.7. The first-order valence-electron chi connectivity index (χ1n) is 3.81. The Kier molecular flexibility index (Phi) is 3.27. The van der Waals surface area contributed by atoms with Gasteiger partial charge in [-0.1, -0.05) is 0 Å². The van der Waals surface area contributed by atoms with Crippen molar-refractivity contribution in [3.63, 3.8) is 0 Å². The summed E-state index contributed by atoms with van der Waals surface area (Å²) in [6, 6.07) is 1.69. The van der Waals surface area contributed by atoms with Gasteiger partial charge >= 0.3 is 6.09 Å². The van der Waals surface area contributed by atoms with Crippen LogP contribution in [0.15, 0.2) is 12.3 Å². The molecule has 0 aliphatic carbocycles. The second kappa shape index (κ2) is 4.46. The highest BCUT2D eigenvalue weighted by molar-refractivity contribution is 5.64. The van der Waals surface area contributed by atoms with E-state index in [0.717, 1.165) is 4.90 Å². The van der Waals surface area contributed by atoms with Gasteiger partial charge in [0.2, 0.25) is 0 Å². The van der Waals surface area contributed by atoms with E-state index >= 15 is 0 Å². The van der Waals surface area contributed by atoms with Crippen LogP contribution in [0.25, 0.3) is 0 Å². The molecule has 0 saturated carbocycles. The molecule has 0 unspecified atom stereocenters. The van der Waals surface area contributed by atoms with Crippen molar-refractivity contribution in [2.24, 2.45) is 0 Å². The van der Waals surface area contributed by atoms with Crippen LogP contribution in [0.3, 0.4) is 0 Å². The number of nitrogens with zero attached hydrogens (tertiary/aromatic N) is 2. The molecule has 0 aliphatic heterocycles. The zero-order valence-corrected chi connectivity index (χ0v) is 6.97. The average molecular weight is 185 g/mol. The first-order chi connectivity index (χ1) is 6.24. The van der Waals surface area contributed by atoms with Gasteiger partial charge in [0.1, 0.15) is 0 Å². The highest BCUT2D eigenvalue weighted by atomic mass is 16.4. The van der Waals surface area contributed by atoms with Gasteiger partial charge < -0.3 is 15.1 Å². The Hall–Kier alpha value is -1.56. The number of aromatic nitrogens is 2. The SMILES string of the molecule is O=C(O)N(CCO)Cc1ccn[nH]1. The van der Waals surface area contributed by atoms with Gasteiger partial charge in [-0.15, -0.1) is 0 Å². The Morgan fingerprint density at radius 1 is 1.69 bits per heavy atom. The Morgan fingerprint density at radius 3 is 2.92 bits per heavy atom. The molecule has 0 bridgehead atoms. The molecule has 1 rings (SSSR count). The minimum absolute atomic E-state index is 0.106. The van der Waals surface area contributed by atoms with Crippen molar-refractivity contribution < 1.29 is 15.0 Å². The van der Waals surface area contributed by atoms with Crippen molar-refractivity contribution in [3.05, 3.63) is 18.0 Å². The molecule has 0 fully saturated rings. The lowest BCUT2D eigenvalue weighted by molar-refractivity contribution is 0.128. The lowest BCUT2D eigenvalue weighted by atomic mass is 10.4. The number of hydrogen-bond acceptors (Lipinski definition) is 3. The first kappa shape index (κ1) is 9.53. The average Bonchev–Trinajstić information content (AvgIpc) is 2.56. The van der Waals surface area contributed by atoms with Gasteiger partial charge in [0.25, 0.3) is 0 Å². The van der Waals surface area contributed by atoms with Gasteiger partial charge in [-0.05, 0) is 6.07 Å². The maximum atomic E-state index is 10.6. The molecule has 0 radical (unpaired) electrons. The number of H-pyrrole nitrogens is 1. The van der Waals surface area contributed by atoms with Crippen LogP contribution >= 0.6 is 0 Å². The quantitative estimate of drug-likeness (QED) is 0.610. The van der Waals surface area contributed by atoms with Crippen LogP contribution < -0.4 is 0 Å². The largest absolute Gasteiger partial charge is 0.465 e. The lowest BCUT2D eigenvalue weighted by Crippen LogP contribution is -2.31. The van der Waals surface area contributed by atoms with Gasteiger partial charge in [-0.25, -0.2) is 4.79 Å². The number of aliphatic hydroxyl groups is 1. The summed E-state index contributed by atoms with van der Waals surface area (Å²) in [5, 5.41) is 23.6. The van der Waals surface area contributed by atoms with E-state index in [9.17, 15) is 4.79 Å².